The van der Waals surface area contributed by atoms with Gasteiger partial charge in [0.05, 0.1) is 26.2 Å². The van der Waals surface area contributed by atoms with Crippen molar-refractivity contribution in [2.45, 2.75) is 6.54 Å². The minimum Gasteiger partial charge on any atom is -0.378 e. The van der Waals surface area contributed by atoms with Gasteiger partial charge in [0.2, 0.25) is 0 Å². The zero-order valence-electron chi connectivity index (χ0n) is 14.5. The highest BCUT2D eigenvalue weighted by Gasteiger charge is 2.22. The van der Waals surface area contributed by atoms with Crippen molar-refractivity contribution in [2.75, 3.05) is 45.2 Å². The molecule has 126 valence electrons. The third-order valence-electron chi connectivity index (χ3n) is 4.69. The molecule has 1 N–H and O–H groups in total. The molecule has 3 nitrogen and oxygen atoms in total. The Morgan fingerprint density at radius 3 is 2.21 bits per heavy atom. The van der Waals surface area contributed by atoms with Gasteiger partial charge >= 0.3 is 0 Å². The molecule has 2 aromatic rings. The second-order valence-corrected chi connectivity index (χ2v) is 7.03. The summed E-state index contributed by atoms with van der Waals surface area (Å²) in [5.41, 5.74) is 3.78. The van der Waals surface area contributed by atoms with Gasteiger partial charge in [0.1, 0.15) is 11.5 Å². The first-order valence-electron chi connectivity index (χ1n) is 8.57. The molecular formula is C20H26N3S+. The highest BCUT2D eigenvalue weighted by atomic mass is 32.1. The van der Waals surface area contributed by atoms with E-state index in [-0.39, 0.29) is 0 Å². The van der Waals surface area contributed by atoms with Crippen molar-refractivity contribution < 1.29 is 4.90 Å². The molecule has 4 heteroatoms. The van der Waals surface area contributed by atoms with Crippen LogP contribution in [0.2, 0.25) is 0 Å². The minimum absolute atomic E-state index is 0.985. The fourth-order valence-corrected chi connectivity index (χ4v) is 3.49. The molecule has 0 radical (unpaired) electrons. The molecule has 1 saturated heterocycles. The van der Waals surface area contributed by atoms with Gasteiger partial charge in [0.25, 0.3) is 0 Å². The van der Waals surface area contributed by atoms with Crippen molar-refractivity contribution in [1.29, 1.82) is 0 Å². The maximum Gasteiger partial charge on any atom is 0.109 e. The molecule has 24 heavy (non-hydrogen) atoms. The Morgan fingerprint density at radius 2 is 1.62 bits per heavy atom. The Hall–Kier alpha value is -1.91. The average molecular weight is 341 g/mol. The van der Waals surface area contributed by atoms with E-state index in [1.54, 1.807) is 4.90 Å². The predicted molar refractivity (Wildman–Crippen MR) is 105 cm³/mol. The summed E-state index contributed by atoms with van der Waals surface area (Å²) in [6, 6.07) is 19.3. The Bertz CT molecular complexity index is 659. The van der Waals surface area contributed by atoms with E-state index in [1.807, 2.05) is 0 Å². The van der Waals surface area contributed by atoms with Crippen molar-refractivity contribution in [3.8, 4) is 0 Å². The van der Waals surface area contributed by atoms with E-state index in [9.17, 15) is 0 Å². The van der Waals surface area contributed by atoms with E-state index < -0.39 is 0 Å². The Morgan fingerprint density at radius 1 is 1.00 bits per heavy atom. The van der Waals surface area contributed by atoms with Gasteiger partial charge in [-0.1, -0.05) is 42.5 Å². The highest BCUT2D eigenvalue weighted by Crippen LogP contribution is 2.14. The first-order valence-corrected chi connectivity index (χ1v) is 8.98. The topological polar surface area (TPSA) is 10.9 Å². The number of thiocarbonyl (C=S) groups is 1. The van der Waals surface area contributed by atoms with E-state index in [0.29, 0.717) is 0 Å². The fraction of sp³-hybridized carbons (Fsp3) is 0.350. The van der Waals surface area contributed by atoms with Gasteiger partial charge in [-0.3, -0.25) is 0 Å². The smallest absolute Gasteiger partial charge is 0.109 e. The van der Waals surface area contributed by atoms with E-state index in [4.69, 9.17) is 12.2 Å². The zero-order chi connectivity index (χ0) is 16.9. The monoisotopic (exact) mass is 340 g/mol. The molecule has 3 rings (SSSR count). The van der Waals surface area contributed by atoms with Crippen molar-refractivity contribution in [3.05, 3.63) is 65.7 Å². The summed E-state index contributed by atoms with van der Waals surface area (Å²) in [6.07, 6.45) is 0. The molecular weight excluding hydrogens is 314 g/mol. The molecule has 2 aromatic carbocycles. The number of anilines is 1. The first-order chi connectivity index (χ1) is 11.6. The van der Waals surface area contributed by atoms with Gasteiger partial charge in [-0.05, 0) is 24.3 Å². The normalized spacial score (nSPS) is 15.3. The summed E-state index contributed by atoms with van der Waals surface area (Å²) >= 11 is 5.72. The summed E-state index contributed by atoms with van der Waals surface area (Å²) in [5.74, 6) is 0. The number of rotatable bonds is 4. The molecule has 0 aromatic heterocycles. The summed E-state index contributed by atoms with van der Waals surface area (Å²) in [4.78, 5) is 7.09. The van der Waals surface area contributed by atoms with Crippen LogP contribution >= 0.6 is 12.2 Å². The Balaban J connectivity index is 1.55. The zero-order valence-corrected chi connectivity index (χ0v) is 15.4. The number of piperazine rings is 1. The van der Waals surface area contributed by atoms with Crippen LogP contribution in [0.15, 0.2) is 54.6 Å². The summed E-state index contributed by atoms with van der Waals surface area (Å²) in [7, 11) is 4.12. The van der Waals surface area contributed by atoms with Crippen LogP contribution in [0.1, 0.15) is 11.1 Å². The second-order valence-electron chi connectivity index (χ2n) is 6.65. The second kappa shape index (κ2) is 7.77. The summed E-state index contributed by atoms with van der Waals surface area (Å²) in [5, 5.41) is 0. The molecule has 0 bridgehead atoms. The van der Waals surface area contributed by atoms with E-state index >= 15 is 0 Å². The van der Waals surface area contributed by atoms with Crippen LogP contribution in [-0.4, -0.2) is 50.2 Å². The lowest BCUT2D eigenvalue weighted by Crippen LogP contribution is -3.13. The average Bonchev–Trinajstić information content (AvgIpc) is 2.63. The summed E-state index contributed by atoms with van der Waals surface area (Å²) in [6.45, 7) is 5.47. The van der Waals surface area contributed by atoms with E-state index in [1.165, 1.54) is 11.3 Å². The van der Waals surface area contributed by atoms with Crippen LogP contribution in [0.25, 0.3) is 0 Å². The van der Waals surface area contributed by atoms with Crippen molar-refractivity contribution in [1.82, 2.24) is 4.90 Å². The maximum atomic E-state index is 5.72. The van der Waals surface area contributed by atoms with Gasteiger partial charge < -0.3 is 14.7 Å². The van der Waals surface area contributed by atoms with Crippen molar-refractivity contribution in [2.24, 2.45) is 0 Å². The maximum absolute atomic E-state index is 5.72. The molecule has 1 fully saturated rings. The molecule has 0 atom stereocenters. The molecule has 1 heterocycles. The number of benzene rings is 2. The standard InChI is InChI=1S/C20H25N3S/c1-21(2)19-10-8-18(9-11-19)20(24)23-14-12-22(13-15-23)16-17-6-4-3-5-7-17/h3-11H,12-16H2,1-2H3/p+1. The number of nitrogens with one attached hydrogen (secondary N) is 1. The Labute approximate surface area is 150 Å². The van der Waals surface area contributed by atoms with Gasteiger partial charge in [-0.2, -0.15) is 0 Å². The highest BCUT2D eigenvalue weighted by molar-refractivity contribution is 7.80. The lowest BCUT2D eigenvalue weighted by atomic mass is 10.1. The molecule has 1 aliphatic heterocycles. The van der Waals surface area contributed by atoms with Crippen molar-refractivity contribution >= 4 is 22.9 Å². The number of quaternary nitrogens is 1. The first kappa shape index (κ1) is 16.9. The number of hydrogen-bond acceptors (Lipinski definition) is 2. The molecule has 0 saturated carbocycles. The molecule has 0 amide bonds. The van der Waals surface area contributed by atoms with E-state index in [0.717, 1.165) is 43.3 Å². The number of nitrogens with zero attached hydrogens (tertiary/aromatic N) is 2. The molecule has 1 aliphatic rings. The van der Waals surface area contributed by atoms with Crippen LogP contribution < -0.4 is 9.80 Å². The van der Waals surface area contributed by atoms with E-state index in [2.05, 4.69) is 78.5 Å². The van der Waals surface area contributed by atoms with Crippen LogP contribution in [0.4, 0.5) is 5.69 Å². The molecule has 0 aliphatic carbocycles. The van der Waals surface area contributed by atoms with Crippen LogP contribution in [0.5, 0.6) is 0 Å². The SMILES string of the molecule is CN(C)c1ccc(C(=S)N2CC[NH+](Cc3ccccc3)CC2)cc1. The van der Waals surface area contributed by atoms with Gasteiger partial charge in [-0.25, -0.2) is 0 Å². The van der Waals surface area contributed by atoms with Crippen molar-refractivity contribution in [3.63, 3.8) is 0 Å². The Kier molecular flexibility index (Phi) is 5.48. The molecule has 0 unspecified atom stereocenters. The van der Waals surface area contributed by atoms with Gasteiger partial charge in [0, 0.05) is 30.9 Å². The van der Waals surface area contributed by atoms with Gasteiger partial charge in [0.15, 0.2) is 0 Å². The fourth-order valence-electron chi connectivity index (χ4n) is 3.17. The van der Waals surface area contributed by atoms with Crippen LogP contribution in [0, 0.1) is 0 Å². The van der Waals surface area contributed by atoms with Gasteiger partial charge in [-0.15, -0.1) is 0 Å². The third kappa shape index (κ3) is 4.13. The predicted octanol–water partition coefficient (Wildman–Crippen LogP) is 1.83. The lowest BCUT2D eigenvalue weighted by molar-refractivity contribution is -0.917. The quantitative estimate of drug-likeness (QED) is 0.852. The minimum atomic E-state index is 0.985. The van der Waals surface area contributed by atoms with Crippen LogP contribution in [-0.2, 0) is 6.54 Å². The molecule has 0 spiro atoms. The third-order valence-corrected chi connectivity index (χ3v) is 5.18. The largest absolute Gasteiger partial charge is 0.378 e. The summed E-state index contributed by atoms with van der Waals surface area (Å²) < 4.78 is 0. The number of hydrogen-bond donors (Lipinski definition) is 1. The lowest BCUT2D eigenvalue weighted by Gasteiger charge is -2.34. The van der Waals surface area contributed by atoms with Crippen LogP contribution in [0.3, 0.4) is 0 Å².